The molecule has 17 heavy (non-hydrogen) atoms. The first-order chi connectivity index (χ1) is 8.09. The third kappa shape index (κ3) is 2.34. The molecule has 2 N–H and O–H groups in total. The fourth-order valence-electron chi connectivity index (χ4n) is 1.80. The Labute approximate surface area is 98.9 Å². The van der Waals surface area contributed by atoms with Crippen molar-refractivity contribution in [1.29, 1.82) is 0 Å². The molecule has 0 aliphatic carbocycles. The molecule has 2 aromatic rings. The Morgan fingerprint density at radius 1 is 1.06 bits per heavy atom. The van der Waals surface area contributed by atoms with Crippen molar-refractivity contribution in [3.05, 3.63) is 70.8 Å². The van der Waals surface area contributed by atoms with Crippen LogP contribution < -0.4 is 5.73 Å². The van der Waals surface area contributed by atoms with Gasteiger partial charge in [-0.2, -0.15) is 0 Å². The van der Waals surface area contributed by atoms with Gasteiger partial charge in [0.15, 0.2) is 11.6 Å². The predicted molar refractivity (Wildman–Crippen MR) is 63.6 cm³/mol. The lowest BCUT2D eigenvalue weighted by Gasteiger charge is -2.14. The van der Waals surface area contributed by atoms with E-state index in [0.29, 0.717) is 0 Å². The van der Waals surface area contributed by atoms with E-state index in [1.807, 2.05) is 31.2 Å². The van der Waals surface area contributed by atoms with Gasteiger partial charge in [0.05, 0.1) is 6.04 Å². The van der Waals surface area contributed by atoms with Crippen molar-refractivity contribution in [3.63, 3.8) is 0 Å². The quantitative estimate of drug-likeness (QED) is 0.846. The highest BCUT2D eigenvalue weighted by molar-refractivity contribution is 5.34. The van der Waals surface area contributed by atoms with Gasteiger partial charge in [0.25, 0.3) is 0 Å². The molecular formula is C14H13F2N. The molecule has 0 fully saturated rings. The number of rotatable bonds is 2. The normalized spacial score (nSPS) is 12.5. The van der Waals surface area contributed by atoms with Crippen LogP contribution in [0.25, 0.3) is 0 Å². The van der Waals surface area contributed by atoms with Crippen LogP contribution in [0, 0.1) is 18.6 Å². The lowest BCUT2D eigenvalue weighted by atomic mass is 9.98. The van der Waals surface area contributed by atoms with Crippen LogP contribution in [0.4, 0.5) is 8.78 Å². The summed E-state index contributed by atoms with van der Waals surface area (Å²) in [5.41, 5.74) is 7.93. The van der Waals surface area contributed by atoms with E-state index in [2.05, 4.69) is 0 Å². The number of hydrogen-bond acceptors (Lipinski definition) is 1. The molecule has 0 radical (unpaired) electrons. The van der Waals surface area contributed by atoms with E-state index >= 15 is 0 Å². The van der Waals surface area contributed by atoms with E-state index in [0.717, 1.165) is 17.2 Å². The van der Waals surface area contributed by atoms with Crippen molar-refractivity contribution in [1.82, 2.24) is 0 Å². The average molecular weight is 233 g/mol. The Morgan fingerprint density at radius 2 is 1.76 bits per heavy atom. The molecule has 0 saturated heterocycles. The molecule has 0 aliphatic heterocycles. The summed E-state index contributed by atoms with van der Waals surface area (Å²) in [5.74, 6) is -1.74. The van der Waals surface area contributed by atoms with Gasteiger partial charge in [-0.05, 0) is 18.6 Å². The number of benzene rings is 2. The molecule has 0 bridgehead atoms. The Morgan fingerprint density at radius 3 is 2.47 bits per heavy atom. The smallest absolute Gasteiger partial charge is 0.163 e. The third-order valence-electron chi connectivity index (χ3n) is 2.72. The van der Waals surface area contributed by atoms with E-state index in [9.17, 15) is 8.78 Å². The minimum Gasteiger partial charge on any atom is -0.320 e. The molecule has 1 unspecified atom stereocenters. The molecule has 0 saturated carbocycles. The molecule has 1 nitrogen and oxygen atoms in total. The minimum atomic E-state index is -0.874. The first-order valence-electron chi connectivity index (χ1n) is 5.35. The molecule has 2 aromatic carbocycles. The van der Waals surface area contributed by atoms with Gasteiger partial charge in [-0.1, -0.05) is 42.0 Å². The Hall–Kier alpha value is -1.74. The molecular weight excluding hydrogens is 220 g/mol. The van der Waals surface area contributed by atoms with Crippen LogP contribution >= 0.6 is 0 Å². The second kappa shape index (κ2) is 4.63. The van der Waals surface area contributed by atoms with Gasteiger partial charge in [0.1, 0.15) is 0 Å². The maximum atomic E-state index is 13.6. The zero-order chi connectivity index (χ0) is 12.4. The van der Waals surface area contributed by atoms with Gasteiger partial charge < -0.3 is 5.73 Å². The first kappa shape index (κ1) is 11.7. The van der Waals surface area contributed by atoms with Crippen LogP contribution in [0.3, 0.4) is 0 Å². The van der Waals surface area contributed by atoms with Crippen LogP contribution in [-0.4, -0.2) is 0 Å². The molecule has 2 rings (SSSR count). The van der Waals surface area contributed by atoms with Gasteiger partial charge in [-0.25, -0.2) is 8.78 Å². The van der Waals surface area contributed by atoms with Crippen LogP contribution in [-0.2, 0) is 0 Å². The molecule has 88 valence electrons. The summed E-state index contributed by atoms with van der Waals surface area (Å²) in [5, 5.41) is 0. The highest BCUT2D eigenvalue weighted by Crippen LogP contribution is 2.24. The second-order valence-electron chi connectivity index (χ2n) is 4.03. The summed E-state index contributed by atoms with van der Waals surface area (Å²) in [7, 11) is 0. The maximum absolute atomic E-state index is 13.6. The summed E-state index contributed by atoms with van der Waals surface area (Å²) in [6.07, 6.45) is 0. The Kier molecular flexibility index (Phi) is 3.20. The zero-order valence-electron chi connectivity index (χ0n) is 9.45. The van der Waals surface area contributed by atoms with Crippen LogP contribution in [0.15, 0.2) is 42.5 Å². The van der Waals surface area contributed by atoms with E-state index in [-0.39, 0.29) is 5.56 Å². The number of nitrogens with two attached hydrogens (primary N) is 1. The maximum Gasteiger partial charge on any atom is 0.163 e. The lowest BCUT2D eigenvalue weighted by Crippen LogP contribution is -2.14. The van der Waals surface area contributed by atoms with E-state index in [1.54, 1.807) is 0 Å². The number of halogens is 2. The van der Waals surface area contributed by atoms with Gasteiger partial charge in [-0.15, -0.1) is 0 Å². The number of aryl methyl sites for hydroxylation is 1. The Bertz CT molecular complexity index is 537. The van der Waals surface area contributed by atoms with Crippen molar-refractivity contribution in [2.45, 2.75) is 13.0 Å². The second-order valence-corrected chi connectivity index (χ2v) is 4.03. The standard InChI is InChI=1S/C14H13F2N/c1-9-4-2-5-10(8-9)14(17)11-6-3-7-12(15)13(11)16/h2-8,14H,17H2,1H3. The summed E-state index contributed by atoms with van der Waals surface area (Å²) in [6, 6.07) is 10.9. The highest BCUT2D eigenvalue weighted by Gasteiger charge is 2.16. The van der Waals surface area contributed by atoms with Crippen LogP contribution in [0.1, 0.15) is 22.7 Å². The summed E-state index contributed by atoms with van der Waals surface area (Å²) in [6.45, 7) is 1.93. The molecule has 1 atom stereocenters. The fourth-order valence-corrected chi connectivity index (χ4v) is 1.80. The van der Waals surface area contributed by atoms with Crippen molar-refractivity contribution < 1.29 is 8.78 Å². The molecule has 3 heteroatoms. The van der Waals surface area contributed by atoms with E-state index in [4.69, 9.17) is 5.73 Å². The first-order valence-corrected chi connectivity index (χ1v) is 5.35. The van der Waals surface area contributed by atoms with Gasteiger partial charge in [0.2, 0.25) is 0 Å². The SMILES string of the molecule is Cc1cccc(C(N)c2cccc(F)c2F)c1. The Balaban J connectivity index is 2.44. The summed E-state index contributed by atoms with van der Waals surface area (Å²) in [4.78, 5) is 0. The highest BCUT2D eigenvalue weighted by atomic mass is 19.2. The van der Waals surface area contributed by atoms with Crippen LogP contribution in [0.5, 0.6) is 0 Å². The molecule has 0 aromatic heterocycles. The van der Waals surface area contributed by atoms with Gasteiger partial charge in [0, 0.05) is 5.56 Å². The van der Waals surface area contributed by atoms with E-state index < -0.39 is 17.7 Å². The molecule has 0 heterocycles. The van der Waals surface area contributed by atoms with Gasteiger partial charge in [-0.3, -0.25) is 0 Å². The van der Waals surface area contributed by atoms with Gasteiger partial charge >= 0.3 is 0 Å². The van der Waals surface area contributed by atoms with Crippen molar-refractivity contribution in [2.24, 2.45) is 5.73 Å². The van der Waals surface area contributed by atoms with Crippen LogP contribution in [0.2, 0.25) is 0 Å². The van der Waals surface area contributed by atoms with E-state index in [1.165, 1.54) is 12.1 Å². The average Bonchev–Trinajstić information content (AvgIpc) is 2.32. The lowest BCUT2D eigenvalue weighted by molar-refractivity contribution is 0.494. The topological polar surface area (TPSA) is 26.0 Å². The molecule has 0 aliphatic rings. The minimum absolute atomic E-state index is 0.176. The van der Waals surface area contributed by atoms with Crippen molar-refractivity contribution >= 4 is 0 Å². The molecule has 0 amide bonds. The summed E-state index contributed by atoms with van der Waals surface area (Å²) >= 11 is 0. The predicted octanol–water partition coefficient (Wildman–Crippen LogP) is 3.32. The molecule has 0 spiro atoms. The summed E-state index contributed by atoms with van der Waals surface area (Å²) < 4.78 is 26.7. The fraction of sp³-hybridized carbons (Fsp3) is 0.143. The zero-order valence-corrected chi connectivity index (χ0v) is 9.45. The van der Waals surface area contributed by atoms with Crippen molar-refractivity contribution in [2.75, 3.05) is 0 Å². The monoisotopic (exact) mass is 233 g/mol. The third-order valence-corrected chi connectivity index (χ3v) is 2.72. The largest absolute Gasteiger partial charge is 0.320 e. The van der Waals surface area contributed by atoms with Crippen molar-refractivity contribution in [3.8, 4) is 0 Å². The number of hydrogen-bond donors (Lipinski definition) is 1.